The number of carbonyl (C=O) groups excluding carboxylic acids is 1. The monoisotopic (exact) mass is 346 g/mol. The minimum absolute atomic E-state index is 0.00531. The lowest BCUT2D eigenvalue weighted by atomic mass is 9.94. The standard InChI is InChI=1S/C23H26N2O/c26-23(20-10-8-19(9-11-20)18-4-2-1-3-5-18)25-13-12-24-16-22-15-17-6-7-21(22)14-17/h1-11,17,21-22,24H,12-16H2,(H,25,26). The third-order valence-electron chi connectivity index (χ3n) is 5.66. The third-order valence-corrected chi connectivity index (χ3v) is 5.66. The number of rotatable bonds is 7. The van der Waals surface area contributed by atoms with Crippen LogP contribution >= 0.6 is 0 Å². The van der Waals surface area contributed by atoms with Crippen molar-refractivity contribution in [3.8, 4) is 11.1 Å². The van der Waals surface area contributed by atoms with Gasteiger partial charge >= 0.3 is 0 Å². The Bertz CT molecular complexity index is 767. The maximum atomic E-state index is 12.3. The summed E-state index contributed by atoms with van der Waals surface area (Å²) in [7, 11) is 0. The summed E-state index contributed by atoms with van der Waals surface area (Å²) in [5.74, 6) is 2.39. The van der Waals surface area contributed by atoms with Gasteiger partial charge in [-0.25, -0.2) is 0 Å². The first-order valence-electron chi connectivity index (χ1n) is 9.62. The average molecular weight is 346 g/mol. The zero-order valence-electron chi connectivity index (χ0n) is 15.0. The molecule has 1 fully saturated rings. The van der Waals surface area contributed by atoms with Crippen LogP contribution in [0.25, 0.3) is 11.1 Å². The number of fused-ring (bicyclic) bond motifs is 2. The van der Waals surface area contributed by atoms with Crippen LogP contribution in [-0.2, 0) is 0 Å². The molecular weight excluding hydrogens is 320 g/mol. The molecule has 0 saturated heterocycles. The molecule has 0 radical (unpaired) electrons. The molecule has 3 nitrogen and oxygen atoms in total. The Morgan fingerprint density at radius 3 is 2.35 bits per heavy atom. The summed E-state index contributed by atoms with van der Waals surface area (Å²) in [6.07, 6.45) is 7.45. The van der Waals surface area contributed by atoms with E-state index in [-0.39, 0.29) is 5.91 Å². The predicted molar refractivity (Wildman–Crippen MR) is 106 cm³/mol. The van der Waals surface area contributed by atoms with Gasteiger partial charge in [-0.2, -0.15) is 0 Å². The van der Waals surface area contributed by atoms with Crippen molar-refractivity contribution in [1.29, 1.82) is 0 Å². The molecule has 2 aromatic rings. The van der Waals surface area contributed by atoms with Crippen molar-refractivity contribution in [2.45, 2.75) is 12.8 Å². The molecular formula is C23H26N2O. The van der Waals surface area contributed by atoms with Crippen LogP contribution in [0.5, 0.6) is 0 Å². The van der Waals surface area contributed by atoms with Gasteiger partial charge in [0.25, 0.3) is 5.91 Å². The summed E-state index contributed by atoms with van der Waals surface area (Å²) < 4.78 is 0. The maximum absolute atomic E-state index is 12.3. The summed E-state index contributed by atoms with van der Waals surface area (Å²) in [4.78, 5) is 12.3. The van der Waals surface area contributed by atoms with E-state index >= 15 is 0 Å². The van der Waals surface area contributed by atoms with Gasteiger partial charge in [0.05, 0.1) is 0 Å². The summed E-state index contributed by atoms with van der Waals surface area (Å²) in [6, 6.07) is 18.0. The molecule has 0 aromatic heterocycles. The van der Waals surface area contributed by atoms with Gasteiger partial charge in [0.1, 0.15) is 0 Å². The van der Waals surface area contributed by atoms with Crippen molar-refractivity contribution in [1.82, 2.24) is 10.6 Å². The van der Waals surface area contributed by atoms with Gasteiger partial charge in [-0.3, -0.25) is 4.79 Å². The molecule has 4 rings (SSSR count). The Morgan fingerprint density at radius 2 is 1.65 bits per heavy atom. The van der Waals surface area contributed by atoms with Crippen LogP contribution in [0.15, 0.2) is 66.7 Å². The highest BCUT2D eigenvalue weighted by Gasteiger charge is 2.34. The van der Waals surface area contributed by atoms with Crippen LogP contribution in [0.1, 0.15) is 23.2 Å². The van der Waals surface area contributed by atoms with Crippen LogP contribution in [0, 0.1) is 17.8 Å². The van der Waals surface area contributed by atoms with E-state index < -0.39 is 0 Å². The molecule has 2 N–H and O–H groups in total. The molecule has 2 aliphatic rings. The van der Waals surface area contributed by atoms with E-state index in [1.807, 2.05) is 42.5 Å². The first-order chi connectivity index (χ1) is 12.8. The Balaban J connectivity index is 1.19. The zero-order chi connectivity index (χ0) is 17.8. The van der Waals surface area contributed by atoms with Crippen molar-refractivity contribution < 1.29 is 4.79 Å². The van der Waals surface area contributed by atoms with Gasteiger partial charge in [-0.05, 0) is 60.4 Å². The second kappa shape index (κ2) is 7.88. The molecule has 0 heterocycles. The van der Waals surface area contributed by atoms with Gasteiger partial charge in [-0.15, -0.1) is 0 Å². The van der Waals surface area contributed by atoms with Crippen molar-refractivity contribution in [3.63, 3.8) is 0 Å². The van der Waals surface area contributed by atoms with Crippen LogP contribution in [-0.4, -0.2) is 25.5 Å². The number of hydrogen-bond acceptors (Lipinski definition) is 2. The summed E-state index contributed by atoms with van der Waals surface area (Å²) in [5, 5.41) is 6.50. The first-order valence-corrected chi connectivity index (χ1v) is 9.62. The number of benzene rings is 2. The van der Waals surface area contributed by atoms with Gasteiger partial charge in [0.15, 0.2) is 0 Å². The fraction of sp³-hybridized carbons (Fsp3) is 0.348. The molecule has 0 aliphatic heterocycles. The Hall–Kier alpha value is -2.39. The van der Waals surface area contributed by atoms with Gasteiger partial charge in [0.2, 0.25) is 0 Å². The Morgan fingerprint density at radius 1 is 0.885 bits per heavy atom. The van der Waals surface area contributed by atoms with E-state index in [2.05, 4.69) is 34.9 Å². The van der Waals surface area contributed by atoms with Gasteiger partial charge < -0.3 is 10.6 Å². The van der Waals surface area contributed by atoms with E-state index in [4.69, 9.17) is 0 Å². The van der Waals surface area contributed by atoms with Crippen LogP contribution in [0.4, 0.5) is 0 Å². The maximum Gasteiger partial charge on any atom is 0.251 e. The summed E-state index contributed by atoms with van der Waals surface area (Å²) >= 11 is 0. The van der Waals surface area contributed by atoms with Crippen molar-refractivity contribution >= 4 is 5.91 Å². The number of amides is 1. The number of hydrogen-bond donors (Lipinski definition) is 2. The number of allylic oxidation sites excluding steroid dienone is 2. The molecule has 134 valence electrons. The molecule has 0 spiro atoms. The smallest absolute Gasteiger partial charge is 0.251 e. The van der Waals surface area contributed by atoms with Crippen molar-refractivity contribution in [2.75, 3.05) is 19.6 Å². The van der Waals surface area contributed by atoms with E-state index in [0.29, 0.717) is 12.1 Å². The predicted octanol–water partition coefficient (Wildman–Crippen LogP) is 3.89. The highest BCUT2D eigenvalue weighted by Crippen LogP contribution is 2.42. The Kier molecular flexibility index (Phi) is 5.16. The fourth-order valence-electron chi connectivity index (χ4n) is 4.23. The van der Waals surface area contributed by atoms with Crippen LogP contribution < -0.4 is 10.6 Å². The quantitative estimate of drug-likeness (QED) is 0.590. The van der Waals surface area contributed by atoms with E-state index in [1.54, 1.807) is 0 Å². The molecule has 26 heavy (non-hydrogen) atoms. The molecule has 2 bridgehead atoms. The zero-order valence-corrected chi connectivity index (χ0v) is 15.0. The lowest BCUT2D eigenvalue weighted by Gasteiger charge is -2.18. The lowest BCUT2D eigenvalue weighted by molar-refractivity contribution is 0.0954. The molecule has 2 aromatic carbocycles. The summed E-state index contributed by atoms with van der Waals surface area (Å²) in [5.41, 5.74) is 3.01. The SMILES string of the molecule is O=C(NCCNCC1CC2C=CC1C2)c1ccc(-c2ccccc2)cc1. The van der Waals surface area contributed by atoms with Crippen LogP contribution in [0.2, 0.25) is 0 Å². The van der Waals surface area contributed by atoms with Crippen molar-refractivity contribution in [3.05, 3.63) is 72.3 Å². The minimum atomic E-state index is -0.00531. The van der Waals surface area contributed by atoms with Crippen LogP contribution in [0.3, 0.4) is 0 Å². The minimum Gasteiger partial charge on any atom is -0.351 e. The molecule has 1 amide bonds. The highest BCUT2D eigenvalue weighted by molar-refractivity contribution is 5.94. The molecule has 3 heteroatoms. The normalized spacial score (nSPS) is 23.3. The molecule has 2 aliphatic carbocycles. The fourth-order valence-corrected chi connectivity index (χ4v) is 4.23. The highest BCUT2D eigenvalue weighted by atomic mass is 16.1. The molecule has 3 unspecified atom stereocenters. The van der Waals surface area contributed by atoms with Gasteiger partial charge in [0, 0.05) is 18.7 Å². The topological polar surface area (TPSA) is 41.1 Å². The van der Waals surface area contributed by atoms with Crippen molar-refractivity contribution in [2.24, 2.45) is 17.8 Å². The van der Waals surface area contributed by atoms with E-state index in [0.717, 1.165) is 36.4 Å². The van der Waals surface area contributed by atoms with E-state index in [9.17, 15) is 4.79 Å². The first kappa shape index (κ1) is 17.0. The second-order valence-corrected chi connectivity index (χ2v) is 7.44. The van der Waals surface area contributed by atoms with Gasteiger partial charge in [-0.1, -0.05) is 54.6 Å². The third kappa shape index (κ3) is 3.88. The average Bonchev–Trinajstić information content (AvgIpc) is 3.32. The lowest BCUT2D eigenvalue weighted by Crippen LogP contribution is -2.34. The molecule has 3 atom stereocenters. The number of nitrogens with one attached hydrogen (secondary N) is 2. The molecule has 1 saturated carbocycles. The second-order valence-electron chi connectivity index (χ2n) is 7.44. The number of carbonyl (C=O) groups is 1. The van der Waals surface area contributed by atoms with E-state index in [1.165, 1.54) is 18.4 Å². The Labute approximate surface area is 155 Å². The summed E-state index contributed by atoms with van der Waals surface area (Å²) in [6.45, 7) is 2.55. The largest absolute Gasteiger partial charge is 0.351 e.